The van der Waals surface area contributed by atoms with Gasteiger partial charge in [0, 0.05) is 24.3 Å². The predicted molar refractivity (Wildman–Crippen MR) is 114 cm³/mol. The van der Waals surface area contributed by atoms with Gasteiger partial charge in [-0.15, -0.1) is 0 Å². The van der Waals surface area contributed by atoms with Crippen LogP contribution in [0.25, 0.3) is 0 Å². The molecular formula is C22H30N3O3S+. The second kappa shape index (κ2) is 9.07. The molecule has 1 amide bonds. The minimum atomic E-state index is -3.43. The van der Waals surface area contributed by atoms with E-state index in [-0.39, 0.29) is 10.8 Å². The summed E-state index contributed by atoms with van der Waals surface area (Å²) in [4.78, 5) is 13.7. The molecule has 3 rings (SSSR count). The lowest BCUT2D eigenvalue weighted by atomic mass is 10.1. The van der Waals surface area contributed by atoms with Gasteiger partial charge in [0.1, 0.15) is 6.54 Å². The molecule has 0 saturated carbocycles. The number of likely N-dealkylation sites (N-methyl/N-ethyl adjacent to an activating group) is 1. The molecule has 2 aromatic carbocycles. The number of benzene rings is 2. The number of aryl methyl sites for hydroxylation is 2. The summed E-state index contributed by atoms with van der Waals surface area (Å²) < 4.78 is 26.7. The Labute approximate surface area is 173 Å². The van der Waals surface area contributed by atoms with Gasteiger partial charge in [0.05, 0.1) is 11.9 Å². The Morgan fingerprint density at radius 1 is 1.07 bits per heavy atom. The number of hydrogen-bond donors (Lipinski definition) is 2. The van der Waals surface area contributed by atoms with E-state index in [1.165, 1.54) is 21.0 Å². The fourth-order valence-electron chi connectivity index (χ4n) is 3.70. The number of nitrogens with zero attached hydrogens (tertiary/aromatic N) is 1. The Morgan fingerprint density at radius 2 is 1.72 bits per heavy atom. The number of carbonyl (C=O) groups is 1. The molecule has 156 valence electrons. The zero-order chi connectivity index (χ0) is 21.0. The van der Waals surface area contributed by atoms with Crippen molar-refractivity contribution in [3.8, 4) is 0 Å². The first-order valence-corrected chi connectivity index (χ1v) is 11.5. The van der Waals surface area contributed by atoms with Crippen LogP contribution in [0.2, 0.25) is 0 Å². The van der Waals surface area contributed by atoms with E-state index in [0.717, 1.165) is 24.3 Å². The largest absolute Gasteiger partial charge is 0.326 e. The monoisotopic (exact) mass is 416 g/mol. The average Bonchev–Trinajstić information content (AvgIpc) is 3.20. The van der Waals surface area contributed by atoms with Crippen molar-refractivity contribution >= 4 is 21.6 Å². The van der Waals surface area contributed by atoms with E-state index in [1.54, 1.807) is 24.3 Å². The second-order valence-electron chi connectivity index (χ2n) is 7.92. The number of amides is 1. The highest BCUT2D eigenvalue weighted by molar-refractivity contribution is 7.89. The lowest BCUT2D eigenvalue weighted by molar-refractivity contribution is -0.885. The summed E-state index contributed by atoms with van der Waals surface area (Å²) >= 11 is 0. The molecule has 0 radical (unpaired) electrons. The third-order valence-electron chi connectivity index (χ3n) is 5.29. The molecule has 1 aliphatic heterocycles. The normalized spacial score (nSPS) is 16.0. The number of rotatable bonds is 7. The Balaban J connectivity index is 1.56. The second-order valence-corrected chi connectivity index (χ2v) is 9.86. The molecule has 1 aliphatic rings. The summed E-state index contributed by atoms with van der Waals surface area (Å²) in [5.41, 5.74) is 4.31. The number of sulfonamides is 1. The highest BCUT2D eigenvalue weighted by Crippen LogP contribution is 2.22. The van der Waals surface area contributed by atoms with Gasteiger partial charge < -0.3 is 10.2 Å². The van der Waals surface area contributed by atoms with Gasteiger partial charge in [-0.25, -0.2) is 8.42 Å². The molecule has 0 aliphatic carbocycles. The Kier molecular flexibility index (Phi) is 6.72. The van der Waals surface area contributed by atoms with Crippen LogP contribution in [0.3, 0.4) is 0 Å². The third-order valence-corrected chi connectivity index (χ3v) is 7.21. The van der Waals surface area contributed by atoms with Gasteiger partial charge in [0.15, 0.2) is 6.54 Å². The number of quaternary nitrogens is 1. The minimum absolute atomic E-state index is 0.0950. The SMILES string of the molecule is Cc1ccc(C[NH+](C)CC(=O)Nc2ccc(S(=O)(=O)N3CCCC3)cc2)c(C)c1. The van der Waals surface area contributed by atoms with Gasteiger partial charge in [0.25, 0.3) is 5.91 Å². The molecule has 1 saturated heterocycles. The molecule has 1 heterocycles. The quantitative estimate of drug-likeness (QED) is 0.722. The number of carbonyl (C=O) groups excluding carboxylic acids is 1. The van der Waals surface area contributed by atoms with Crippen LogP contribution in [-0.2, 0) is 21.4 Å². The van der Waals surface area contributed by atoms with E-state index in [1.807, 2.05) is 7.05 Å². The minimum Gasteiger partial charge on any atom is -0.326 e. The van der Waals surface area contributed by atoms with Gasteiger partial charge in [0.2, 0.25) is 10.0 Å². The number of hydrogen-bond acceptors (Lipinski definition) is 3. The van der Waals surface area contributed by atoms with Crippen LogP contribution >= 0.6 is 0 Å². The number of anilines is 1. The van der Waals surface area contributed by atoms with E-state index < -0.39 is 10.0 Å². The van der Waals surface area contributed by atoms with Gasteiger partial charge in [-0.2, -0.15) is 4.31 Å². The molecule has 7 heteroatoms. The summed E-state index contributed by atoms with van der Waals surface area (Å²) in [5.74, 6) is -0.0950. The third kappa shape index (κ3) is 5.44. The molecule has 29 heavy (non-hydrogen) atoms. The van der Waals surface area contributed by atoms with Gasteiger partial charge in [-0.3, -0.25) is 4.79 Å². The van der Waals surface area contributed by atoms with Gasteiger partial charge in [-0.1, -0.05) is 23.8 Å². The van der Waals surface area contributed by atoms with Crippen LogP contribution < -0.4 is 10.2 Å². The molecule has 6 nitrogen and oxygen atoms in total. The fraction of sp³-hybridized carbons (Fsp3) is 0.409. The maximum Gasteiger partial charge on any atom is 0.279 e. The van der Waals surface area contributed by atoms with E-state index >= 15 is 0 Å². The van der Waals surface area contributed by atoms with Crippen LogP contribution in [0.15, 0.2) is 47.4 Å². The van der Waals surface area contributed by atoms with E-state index in [9.17, 15) is 13.2 Å². The summed E-state index contributed by atoms with van der Waals surface area (Å²) in [6.07, 6.45) is 1.82. The first kappa shape index (κ1) is 21.5. The van der Waals surface area contributed by atoms with Crippen LogP contribution in [-0.4, -0.2) is 45.3 Å². The van der Waals surface area contributed by atoms with E-state index in [2.05, 4.69) is 37.4 Å². The Bertz CT molecular complexity index is 965. The molecular weight excluding hydrogens is 386 g/mol. The lowest BCUT2D eigenvalue weighted by Gasteiger charge is -2.17. The van der Waals surface area contributed by atoms with Crippen LogP contribution in [0.5, 0.6) is 0 Å². The molecule has 2 N–H and O–H groups in total. The van der Waals surface area contributed by atoms with Crippen molar-refractivity contribution < 1.29 is 18.1 Å². The van der Waals surface area contributed by atoms with Crippen molar-refractivity contribution in [2.75, 3.05) is 32.0 Å². The maximum atomic E-state index is 12.6. The van der Waals surface area contributed by atoms with Crippen molar-refractivity contribution in [3.63, 3.8) is 0 Å². The van der Waals surface area contributed by atoms with Crippen LogP contribution in [0.1, 0.15) is 29.5 Å². The van der Waals surface area contributed by atoms with Gasteiger partial charge in [-0.05, 0) is 56.5 Å². The highest BCUT2D eigenvalue weighted by atomic mass is 32.2. The molecule has 1 atom stereocenters. The summed E-state index contributed by atoms with van der Waals surface area (Å²) in [7, 11) is -1.44. The molecule has 1 unspecified atom stereocenters. The summed E-state index contributed by atoms with van der Waals surface area (Å²) in [6, 6.07) is 12.8. The molecule has 2 aromatic rings. The highest BCUT2D eigenvalue weighted by Gasteiger charge is 2.27. The summed E-state index contributed by atoms with van der Waals surface area (Å²) in [6.45, 7) is 6.43. The predicted octanol–water partition coefficient (Wildman–Crippen LogP) is 1.74. The molecule has 1 fully saturated rings. The van der Waals surface area contributed by atoms with Crippen LogP contribution in [0, 0.1) is 13.8 Å². The van der Waals surface area contributed by atoms with Crippen molar-refractivity contribution in [1.29, 1.82) is 0 Å². The van der Waals surface area contributed by atoms with Crippen molar-refractivity contribution in [2.45, 2.75) is 38.1 Å². The first-order valence-electron chi connectivity index (χ1n) is 10.0. The molecule has 0 spiro atoms. The Morgan fingerprint density at radius 3 is 2.34 bits per heavy atom. The zero-order valence-electron chi connectivity index (χ0n) is 17.4. The topological polar surface area (TPSA) is 70.9 Å². The smallest absolute Gasteiger partial charge is 0.279 e. The standard InChI is InChI=1S/C22H29N3O3S/c1-17-6-7-19(18(2)14-17)15-24(3)16-22(26)23-20-8-10-21(11-9-20)29(27,28)25-12-4-5-13-25/h6-11,14H,4-5,12-13,15-16H2,1-3H3,(H,23,26)/p+1. The summed E-state index contributed by atoms with van der Waals surface area (Å²) in [5, 5.41) is 2.86. The molecule has 0 bridgehead atoms. The molecule has 0 aromatic heterocycles. The fourth-order valence-corrected chi connectivity index (χ4v) is 5.22. The lowest BCUT2D eigenvalue weighted by Crippen LogP contribution is -3.08. The van der Waals surface area contributed by atoms with Crippen molar-refractivity contribution in [2.24, 2.45) is 0 Å². The van der Waals surface area contributed by atoms with Crippen LogP contribution in [0.4, 0.5) is 5.69 Å². The van der Waals surface area contributed by atoms with E-state index in [4.69, 9.17) is 0 Å². The average molecular weight is 417 g/mol. The Hall–Kier alpha value is -2.22. The van der Waals surface area contributed by atoms with E-state index in [0.29, 0.717) is 25.3 Å². The van der Waals surface area contributed by atoms with Crippen molar-refractivity contribution in [1.82, 2.24) is 4.31 Å². The zero-order valence-corrected chi connectivity index (χ0v) is 18.2. The van der Waals surface area contributed by atoms with Crippen molar-refractivity contribution in [3.05, 3.63) is 59.2 Å². The number of nitrogens with one attached hydrogen (secondary N) is 2. The maximum absolute atomic E-state index is 12.6. The first-order chi connectivity index (χ1) is 13.8. The van der Waals surface area contributed by atoms with Gasteiger partial charge >= 0.3 is 0 Å².